The Morgan fingerprint density at radius 3 is 2.46 bits per heavy atom. The standard InChI is InChI=1S/C37H50FN3O7/c1-6-8-26(9-7-2)41(27-10-11-29(38)23(3)16-27)32(43)20-40-19-28(24-17-25(21-42)34-31(18-24)47-22-48-34)33(35(44)45)30(40)12-14-39-15-13-37(4,5)36(39)46/h10-11,16-18,26,28,30,33,42H,6-9,12-15,19-22H2,1-5H3,(H,44,45)/t28-,30+,33-/m1/s1. The average molecular weight is 668 g/mol. The van der Waals surface area contributed by atoms with Gasteiger partial charge in [0.15, 0.2) is 11.5 Å². The van der Waals surface area contributed by atoms with Gasteiger partial charge in [-0.2, -0.15) is 0 Å². The Morgan fingerprint density at radius 1 is 1.12 bits per heavy atom. The number of rotatable bonds is 14. The van der Waals surface area contributed by atoms with E-state index in [1.165, 1.54) is 6.07 Å². The number of aliphatic carboxylic acids is 1. The summed E-state index contributed by atoms with van der Waals surface area (Å²) in [7, 11) is 0. The van der Waals surface area contributed by atoms with E-state index in [0.717, 1.165) is 32.1 Å². The first-order valence-corrected chi connectivity index (χ1v) is 17.3. The maximum absolute atomic E-state index is 14.5. The number of benzene rings is 2. The molecule has 3 aliphatic rings. The minimum absolute atomic E-state index is 0.0116. The molecule has 2 aromatic rings. The topological polar surface area (TPSA) is 120 Å². The highest BCUT2D eigenvalue weighted by Crippen LogP contribution is 2.45. The zero-order valence-corrected chi connectivity index (χ0v) is 28.8. The van der Waals surface area contributed by atoms with Gasteiger partial charge in [0, 0.05) is 54.3 Å². The van der Waals surface area contributed by atoms with Crippen LogP contribution in [0.1, 0.15) is 88.8 Å². The van der Waals surface area contributed by atoms with Gasteiger partial charge in [-0.3, -0.25) is 19.3 Å². The van der Waals surface area contributed by atoms with Crippen molar-refractivity contribution in [2.45, 2.75) is 97.8 Å². The van der Waals surface area contributed by atoms with E-state index < -0.39 is 29.3 Å². The Balaban J connectivity index is 1.51. The molecule has 11 heteroatoms. The third kappa shape index (κ3) is 7.17. The molecule has 3 atom stereocenters. The van der Waals surface area contributed by atoms with Gasteiger partial charge < -0.3 is 29.5 Å². The van der Waals surface area contributed by atoms with Gasteiger partial charge in [-0.25, -0.2) is 4.39 Å². The van der Waals surface area contributed by atoms with Crippen LogP contribution in [-0.4, -0.2) is 82.9 Å². The number of anilines is 1. The van der Waals surface area contributed by atoms with Crippen LogP contribution in [0.4, 0.5) is 10.1 Å². The maximum atomic E-state index is 14.5. The molecule has 2 fully saturated rings. The molecule has 0 aliphatic carbocycles. The number of nitrogens with zero attached hydrogens (tertiary/aromatic N) is 3. The number of amides is 2. The van der Waals surface area contributed by atoms with Crippen LogP contribution in [0.3, 0.4) is 0 Å². The van der Waals surface area contributed by atoms with Crippen LogP contribution in [0.2, 0.25) is 0 Å². The van der Waals surface area contributed by atoms with Crippen molar-refractivity contribution >= 4 is 23.5 Å². The lowest BCUT2D eigenvalue weighted by atomic mass is 9.83. The molecule has 0 unspecified atom stereocenters. The Hall–Kier alpha value is -3.70. The molecule has 2 saturated heterocycles. The first-order chi connectivity index (χ1) is 22.9. The quantitative estimate of drug-likeness (QED) is 0.272. The van der Waals surface area contributed by atoms with E-state index in [1.54, 1.807) is 36.1 Å². The summed E-state index contributed by atoms with van der Waals surface area (Å²) in [5.74, 6) is -1.96. The number of carbonyl (C=O) groups is 3. The maximum Gasteiger partial charge on any atom is 0.308 e. The van der Waals surface area contributed by atoms with E-state index in [2.05, 4.69) is 13.8 Å². The van der Waals surface area contributed by atoms with E-state index in [-0.39, 0.29) is 50.2 Å². The molecule has 3 aliphatic heterocycles. The number of ether oxygens (including phenoxy) is 2. The summed E-state index contributed by atoms with van der Waals surface area (Å²) in [6.45, 7) is 10.6. The Labute approximate surface area is 282 Å². The van der Waals surface area contributed by atoms with Gasteiger partial charge in [0.2, 0.25) is 18.6 Å². The molecule has 3 heterocycles. The van der Waals surface area contributed by atoms with E-state index in [1.807, 2.05) is 23.6 Å². The number of aliphatic hydroxyl groups is 1. The number of likely N-dealkylation sites (tertiary alicyclic amines) is 2. The summed E-state index contributed by atoms with van der Waals surface area (Å²) in [6.07, 6.45) is 4.38. The van der Waals surface area contributed by atoms with Gasteiger partial charge in [-0.05, 0) is 74.1 Å². The lowest BCUT2D eigenvalue weighted by Gasteiger charge is -2.35. The molecule has 0 spiro atoms. The molecule has 0 saturated carbocycles. The number of hydrogen-bond donors (Lipinski definition) is 2. The van der Waals surface area contributed by atoms with Crippen molar-refractivity contribution in [1.82, 2.24) is 9.80 Å². The summed E-state index contributed by atoms with van der Waals surface area (Å²) in [5, 5.41) is 20.9. The summed E-state index contributed by atoms with van der Waals surface area (Å²) < 4.78 is 25.6. The molecule has 5 rings (SSSR count). The summed E-state index contributed by atoms with van der Waals surface area (Å²) in [4.78, 5) is 46.3. The van der Waals surface area contributed by atoms with Gasteiger partial charge in [0.05, 0.1) is 19.1 Å². The fourth-order valence-electron chi connectivity index (χ4n) is 7.84. The second kappa shape index (κ2) is 14.8. The second-order valence-corrected chi connectivity index (χ2v) is 14.2. The van der Waals surface area contributed by atoms with Crippen LogP contribution in [0.5, 0.6) is 11.5 Å². The molecular weight excluding hydrogens is 617 g/mol. The highest BCUT2D eigenvalue weighted by atomic mass is 19.1. The smallest absolute Gasteiger partial charge is 0.308 e. The van der Waals surface area contributed by atoms with Crippen LogP contribution in [0, 0.1) is 24.1 Å². The fraction of sp³-hybridized carbons (Fsp3) is 0.595. The number of halogens is 1. The summed E-state index contributed by atoms with van der Waals surface area (Å²) in [5.41, 5.74) is 1.81. The van der Waals surface area contributed by atoms with E-state index >= 15 is 0 Å². The molecule has 48 heavy (non-hydrogen) atoms. The van der Waals surface area contributed by atoms with Crippen molar-refractivity contribution in [2.24, 2.45) is 11.3 Å². The predicted molar refractivity (Wildman–Crippen MR) is 180 cm³/mol. The fourth-order valence-corrected chi connectivity index (χ4v) is 7.84. The highest BCUT2D eigenvalue weighted by Gasteiger charge is 2.49. The monoisotopic (exact) mass is 667 g/mol. The van der Waals surface area contributed by atoms with Crippen LogP contribution in [-0.2, 0) is 21.0 Å². The first-order valence-electron chi connectivity index (χ1n) is 17.3. The lowest BCUT2D eigenvalue weighted by Crippen LogP contribution is -2.48. The van der Waals surface area contributed by atoms with Gasteiger partial charge in [-0.1, -0.05) is 40.5 Å². The first kappa shape index (κ1) is 35.6. The van der Waals surface area contributed by atoms with Crippen molar-refractivity contribution in [1.29, 1.82) is 0 Å². The Morgan fingerprint density at radius 2 is 1.85 bits per heavy atom. The van der Waals surface area contributed by atoms with Gasteiger partial charge in [-0.15, -0.1) is 0 Å². The van der Waals surface area contributed by atoms with Crippen molar-refractivity contribution in [3.8, 4) is 11.5 Å². The molecule has 2 amide bonds. The zero-order valence-electron chi connectivity index (χ0n) is 28.8. The molecule has 2 N–H and O–H groups in total. The van der Waals surface area contributed by atoms with Gasteiger partial charge in [0.1, 0.15) is 5.82 Å². The molecular formula is C37H50FN3O7. The third-order valence-corrected chi connectivity index (χ3v) is 10.4. The van der Waals surface area contributed by atoms with Crippen molar-refractivity contribution in [3.05, 3.63) is 52.8 Å². The van der Waals surface area contributed by atoms with E-state index in [4.69, 9.17) is 9.47 Å². The normalized spacial score (nSPS) is 21.8. The molecule has 0 aromatic heterocycles. The van der Waals surface area contributed by atoms with Crippen LogP contribution in [0.25, 0.3) is 0 Å². The number of fused-ring (bicyclic) bond motifs is 1. The second-order valence-electron chi connectivity index (χ2n) is 14.2. The van der Waals surface area contributed by atoms with Gasteiger partial charge in [0.25, 0.3) is 0 Å². The van der Waals surface area contributed by atoms with Crippen molar-refractivity contribution < 1.29 is 38.5 Å². The predicted octanol–water partition coefficient (Wildman–Crippen LogP) is 5.47. The van der Waals surface area contributed by atoms with Crippen molar-refractivity contribution in [2.75, 3.05) is 37.9 Å². The van der Waals surface area contributed by atoms with E-state index in [0.29, 0.717) is 53.4 Å². The number of aryl methyl sites for hydroxylation is 1. The number of carbonyl (C=O) groups excluding carboxylic acids is 2. The largest absolute Gasteiger partial charge is 0.481 e. The zero-order chi connectivity index (χ0) is 34.7. The molecule has 0 radical (unpaired) electrons. The molecule has 262 valence electrons. The number of carboxylic acids is 1. The number of carboxylic acid groups (broad SMARTS) is 1. The summed E-state index contributed by atoms with van der Waals surface area (Å²) >= 11 is 0. The summed E-state index contributed by atoms with van der Waals surface area (Å²) in [6, 6.07) is 7.64. The number of hydrogen-bond acceptors (Lipinski definition) is 7. The molecule has 2 aromatic carbocycles. The van der Waals surface area contributed by atoms with E-state index in [9.17, 15) is 29.0 Å². The SMILES string of the molecule is CCCC(CCC)N(C(=O)CN1C[C@H](c2cc(CO)c3c(c2)OCO3)[C@@H](C(=O)O)[C@@H]1CCN1CCC(C)(C)C1=O)c1ccc(F)c(C)c1. The highest BCUT2D eigenvalue weighted by molar-refractivity contribution is 5.95. The minimum atomic E-state index is -0.989. The van der Waals surface area contributed by atoms with Crippen LogP contribution < -0.4 is 14.4 Å². The Bertz CT molecular complexity index is 1510. The van der Waals surface area contributed by atoms with Crippen LogP contribution >= 0.6 is 0 Å². The Kier molecular flexibility index (Phi) is 11.0. The molecule has 10 nitrogen and oxygen atoms in total. The molecule has 0 bridgehead atoms. The minimum Gasteiger partial charge on any atom is -0.481 e. The lowest BCUT2D eigenvalue weighted by molar-refractivity contribution is -0.143. The van der Waals surface area contributed by atoms with Gasteiger partial charge >= 0.3 is 5.97 Å². The van der Waals surface area contributed by atoms with Crippen molar-refractivity contribution in [3.63, 3.8) is 0 Å². The average Bonchev–Trinajstić information content (AvgIpc) is 3.73. The number of aliphatic hydroxyl groups excluding tert-OH is 1. The third-order valence-electron chi connectivity index (χ3n) is 10.4. The van der Waals surface area contributed by atoms with Crippen LogP contribution in [0.15, 0.2) is 30.3 Å².